The van der Waals surface area contributed by atoms with E-state index in [1.807, 2.05) is 66.7 Å². The van der Waals surface area contributed by atoms with Crippen molar-refractivity contribution in [1.82, 2.24) is 4.90 Å². The first-order valence-electron chi connectivity index (χ1n) is 17.4. The average molecular weight is 636 g/mol. The molecule has 6 nitrogen and oxygen atoms in total. The van der Waals surface area contributed by atoms with Crippen LogP contribution in [0.25, 0.3) is 0 Å². The van der Waals surface area contributed by atoms with Crippen molar-refractivity contribution in [3.05, 3.63) is 132 Å². The maximum Gasteiger partial charge on any atom is 0.414 e. The van der Waals surface area contributed by atoms with Crippen molar-refractivity contribution >= 4 is 11.9 Å². The van der Waals surface area contributed by atoms with Crippen molar-refractivity contribution in [2.24, 2.45) is 0 Å². The first-order chi connectivity index (χ1) is 23.0. The molecular weight excluding hydrogens is 586 g/mol. The van der Waals surface area contributed by atoms with Crippen molar-refractivity contribution in [3.63, 3.8) is 0 Å². The van der Waals surface area contributed by atoms with Gasteiger partial charge in [-0.3, -0.25) is 9.69 Å². The second-order valence-electron chi connectivity index (χ2n) is 12.6. The van der Waals surface area contributed by atoms with E-state index in [1.165, 1.54) is 0 Å². The number of ketones is 1. The quantitative estimate of drug-likeness (QED) is 0.123. The first-order valence-corrected chi connectivity index (χ1v) is 17.4. The Morgan fingerprint density at radius 1 is 0.851 bits per heavy atom. The standard InChI is InChI=1S/C41H49NO5/c1-3-5-10-25-35-29-37(43)30-36(42(35)40(44)45-31-32-19-11-7-12-20-32)26-18-28-41(27-17-6-4-2)46-38(33-21-13-8-14-22-33)39(47-41)34-23-15-9-16-24-34/h7-9,11-17,19-24,27,30,35,38-39H,3-6,10,18,25-26,28-29,31H2,1-2H3/b27-17+/t35-,38-,39-/m1/s1. The Hall–Kier alpha value is -4.00. The molecule has 2 heterocycles. The van der Waals surface area contributed by atoms with Gasteiger partial charge in [-0.2, -0.15) is 0 Å². The molecule has 0 aliphatic carbocycles. The minimum Gasteiger partial charge on any atom is -0.444 e. The molecule has 1 amide bonds. The monoisotopic (exact) mass is 635 g/mol. The van der Waals surface area contributed by atoms with E-state index in [0.29, 0.717) is 31.4 Å². The molecular formula is C41H49NO5. The highest BCUT2D eigenvalue weighted by Crippen LogP contribution is 2.49. The summed E-state index contributed by atoms with van der Waals surface area (Å²) in [5, 5.41) is 0. The first kappa shape index (κ1) is 34.3. The number of carbonyl (C=O) groups is 2. The molecule has 0 radical (unpaired) electrons. The normalized spacial score (nSPS) is 20.8. The molecule has 47 heavy (non-hydrogen) atoms. The summed E-state index contributed by atoms with van der Waals surface area (Å²) in [7, 11) is 0. The summed E-state index contributed by atoms with van der Waals surface area (Å²) in [5.41, 5.74) is 3.77. The van der Waals surface area contributed by atoms with E-state index < -0.39 is 11.9 Å². The van der Waals surface area contributed by atoms with Crippen LogP contribution >= 0.6 is 0 Å². The third-order valence-electron chi connectivity index (χ3n) is 8.95. The Kier molecular flexibility index (Phi) is 12.6. The highest BCUT2D eigenvalue weighted by molar-refractivity contribution is 5.93. The Labute approximate surface area is 280 Å². The summed E-state index contributed by atoms with van der Waals surface area (Å²) in [6.45, 7) is 4.50. The molecule has 5 rings (SSSR count). The Bertz CT molecular complexity index is 1420. The third-order valence-corrected chi connectivity index (χ3v) is 8.95. The maximum absolute atomic E-state index is 13.7. The SMILES string of the molecule is CCC/C=C/C1(CCCC2=CC(=O)C[C@@H](CCCCC)N2C(=O)OCc2ccccc2)O[C@H](c2ccccc2)[C@@H](c2ccccc2)O1. The molecule has 6 heteroatoms. The van der Waals surface area contributed by atoms with Gasteiger partial charge in [-0.1, -0.05) is 137 Å². The van der Waals surface area contributed by atoms with Gasteiger partial charge >= 0.3 is 6.09 Å². The molecule has 0 spiro atoms. The summed E-state index contributed by atoms with van der Waals surface area (Å²) >= 11 is 0. The lowest BCUT2D eigenvalue weighted by atomic mass is 9.94. The van der Waals surface area contributed by atoms with E-state index in [1.54, 1.807) is 11.0 Å². The molecule has 3 aromatic carbocycles. The minimum atomic E-state index is -0.950. The van der Waals surface area contributed by atoms with Gasteiger partial charge in [0.15, 0.2) is 11.6 Å². The molecule has 0 aromatic heterocycles. The van der Waals surface area contributed by atoms with E-state index >= 15 is 0 Å². The smallest absolute Gasteiger partial charge is 0.414 e. The third kappa shape index (κ3) is 9.30. The number of nitrogens with zero attached hydrogens (tertiary/aromatic N) is 1. The Balaban J connectivity index is 1.36. The van der Waals surface area contributed by atoms with E-state index in [4.69, 9.17) is 14.2 Å². The molecule has 1 saturated heterocycles. The van der Waals surface area contributed by atoms with Gasteiger partial charge in [0.25, 0.3) is 0 Å². The van der Waals surface area contributed by atoms with Crippen molar-refractivity contribution in [1.29, 1.82) is 0 Å². The Morgan fingerprint density at radius 3 is 2.06 bits per heavy atom. The number of unbranched alkanes of at least 4 members (excludes halogenated alkanes) is 3. The fourth-order valence-corrected chi connectivity index (χ4v) is 6.56. The van der Waals surface area contributed by atoms with Crippen LogP contribution in [0, 0.1) is 0 Å². The van der Waals surface area contributed by atoms with Crippen molar-refractivity contribution < 1.29 is 23.8 Å². The minimum absolute atomic E-state index is 0.0628. The molecule has 2 aliphatic rings. The summed E-state index contributed by atoms with van der Waals surface area (Å²) < 4.78 is 19.6. The zero-order chi connectivity index (χ0) is 32.9. The van der Waals surface area contributed by atoms with Gasteiger partial charge in [-0.25, -0.2) is 4.79 Å². The van der Waals surface area contributed by atoms with Crippen LogP contribution in [-0.4, -0.2) is 28.6 Å². The summed E-state index contributed by atoms with van der Waals surface area (Å²) in [5.74, 6) is -0.887. The van der Waals surface area contributed by atoms with Crippen molar-refractivity contribution in [2.75, 3.05) is 0 Å². The number of hydrogen-bond donors (Lipinski definition) is 0. The van der Waals surface area contributed by atoms with E-state index in [9.17, 15) is 9.59 Å². The summed E-state index contributed by atoms with van der Waals surface area (Å²) in [6.07, 6.45) is 12.8. The van der Waals surface area contributed by atoms with Crippen molar-refractivity contribution in [3.8, 4) is 0 Å². The fourth-order valence-electron chi connectivity index (χ4n) is 6.56. The highest BCUT2D eigenvalue weighted by Gasteiger charge is 2.47. The van der Waals surface area contributed by atoms with Crippen LogP contribution in [-0.2, 0) is 25.6 Å². The van der Waals surface area contributed by atoms with Gasteiger partial charge in [0.05, 0.1) is 0 Å². The Morgan fingerprint density at radius 2 is 1.47 bits per heavy atom. The zero-order valence-corrected chi connectivity index (χ0v) is 27.9. The van der Waals surface area contributed by atoms with Crippen LogP contribution in [0.15, 0.2) is 115 Å². The number of benzene rings is 3. The van der Waals surface area contributed by atoms with E-state index in [2.05, 4.69) is 50.3 Å². The van der Waals surface area contributed by atoms with Gasteiger partial charge in [-0.15, -0.1) is 0 Å². The molecule has 3 atom stereocenters. The van der Waals surface area contributed by atoms with Gasteiger partial charge in [-0.05, 0) is 48.4 Å². The molecule has 0 unspecified atom stereocenters. The van der Waals surface area contributed by atoms with Gasteiger partial charge < -0.3 is 14.2 Å². The number of rotatable bonds is 15. The van der Waals surface area contributed by atoms with Crippen LogP contribution in [0.3, 0.4) is 0 Å². The number of carbonyl (C=O) groups excluding carboxylic acids is 2. The predicted octanol–water partition coefficient (Wildman–Crippen LogP) is 10.2. The molecule has 0 bridgehead atoms. The summed E-state index contributed by atoms with van der Waals surface area (Å²) in [6, 6.07) is 30.0. The van der Waals surface area contributed by atoms with Crippen LogP contribution in [0.5, 0.6) is 0 Å². The average Bonchev–Trinajstić information content (AvgIpc) is 3.48. The van der Waals surface area contributed by atoms with E-state index in [-0.39, 0.29) is 30.6 Å². The number of amides is 1. The second kappa shape index (κ2) is 17.2. The second-order valence-corrected chi connectivity index (χ2v) is 12.6. The zero-order valence-electron chi connectivity index (χ0n) is 27.9. The van der Waals surface area contributed by atoms with Gasteiger partial charge in [0.2, 0.25) is 0 Å². The molecule has 2 aliphatic heterocycles. The van der Waals surface area contributed by atoms with Gasteiger partial charge in [0, 0.05) is 30.7 Å². The van der Waals surface area contributed by atoms with Gasteiger partial charge in [0.1, 0.15) is 18.8 Å². The molecule has 0 N–H and O–H groups in total. The fraction of sp³-hybridized carbons (Fsp3) is 0.415. The maximum atomic E-state index is 13.7. The topological polar surface area (TPSA) is 65.1 Å². The number of ether oxygens (including phenoxy) is 3. The van der Waals surface area contributed by atoms with Crippen molar-refractivity contribution in [2.45, 2.75) is 109 Å². The lowest BCUT2D eigenvalue weighted by molar-refractivity contribution is -0.143. The van der Waals surface area contributed by atoms with Crippen LogP contribution in [0.1, 0.15) is 107 Å². The highest BCUT2D eigenvalue weighted by atomic mass is 16.8. The van der Waals surface area contributed by atoms with Crippen LogP contribution in [0.4, 0.5) is 4.79 Å². The molecule has 3 aromatic rings. The molecule has 0 saturated carbocycles. The predicted molar refractivity (Wildman–Crippen MR) is 185 cm³/mol. The molecule has 1 fully saturated rings. The molecule has 248 valence electrons. The summed E-state index contributed by atoms with van der Waals surface area (Å²) in [4.78, 5) is 28.4. The largest absolute Gasteiger partial charge is 0.444 e. The number of hydrogen-bond acceptors (Lipinski definition) is 5. The van der Waals surface area contributed by atoms with Crippen LogP contribution in [0.2, 0.25) is 0 Å². The van der Waals surface area contributed by atoms with Crippen LogP contribution < -0.4 is 0 Å². The lowest BCUT2D eigenvalue weighted by Crippen LogP contribution is -2.44. The lowest BCUT2D eigenvalue weighted by Gasteiger charge is -2.36. The number of allylic oxidation sites excluding steroid dienone is 3. The van der Waals surface area contributed by atoms with E-state index in [0.717, 1.165) is 55.2 Å².